The molecule has 0 saturated heterocycles. The Kier molecular flexibility index (Phi) is 7.12. The smallest absolute Gasteiger partial charge is 0.220 e. The number of fused-ring (bicyclic) bond motifs is 1. The van der Waals surface area contributed by atoms with Gasteiger partial charge in [-0.2, -0.15) is 0 Å². The largest absolute Gasteiger partial charge is 0.493 e. The zero-order valence-corrected chi connectivity index (χ0v) is 19.4. The molecule has 0 saturated carbocycles. The molecule has 1 amide bonds. The van der Waals surface area contributed by atoms with E-state index in [2.05, 4.69) is 54.2 Å². The molecule has 6 heteroatoms. The third-order valence-corrected chi connectivity index (χ3v) is 5.81. The summed E-state index contributed by atoms with van der Waals surface area (Å²) in [5.41, 5.74) is 2.27. The van der Waals surface area contributed by atoms with Crippen molar-refractivity contribution in [3.8, 4) is 11.5 Å². The van der Waals surface area contributed by atoms with Crippen molar-refractivity contribution in [3.63, 3.8) is 0 Å². The number of carbonyl (C=O) groups excluding carboxylic acids is 1. The number of benzene rings is 2. The fourth-order valence-corrected chi connectivity index (χ4v) is 3.95. The molecule has 1 aliphatic heterocycles. The van der Waals surface area contributed by atoms with Crippen molar-refractivity contribution in [3.05, 3.63) is 57.0 Å². The van der Waals surface area contributed by atoms with E-state index in [1.54, 1.807) is 6.07 Å². The van der Waals surface area contributed by atoms with Crippen LogP contribution < -0.4 is 14.8 Å². The first-order valence-corrected chi connectivity index (χ1v) is 11.1. The standard InChI is InChI=1S/C23H27BrClNO3/c1-23(2,3)15-6-8-21(18(24)13-15)28-11-4-5-22(27)26-19-10-12-29-20-9-7-16(25)14-17(19)20/h6-9,13-14,19H,4-5,10-12H2,1-3H3,(H,26,27). The molecule has 0 bridgehead atoms. The van der Waals surface area contributed by atoms with Crippen molar-refractivity contribution in [1.29, 1.82) is 0 Å². The van der Waals surface area contributed by atoms with Gasteiger partial charge in [-0.3, -0.25) is 4.79 Å². The monoisotopic (exact) mass is 479 g/mol. The van der Waals surface area contributed by atoms with E-state index < -0.39 is 0 Å². The molecule has 4 nitrogen and oxygen atoms in total. The molecular formula is C23H27BrClNO3. The van der Waals surface area contributed by atoms with Gasteiger partial charge in [0.1, 0.15) is 11.5 Å². The Balaban J connectivity index is 1.47. The molecule has 2 aromatic rings. The van der Waals surface area contributed by atoms with Crippen molar-refractivity contribution < 1.29 is 14.3 Å². The van der Waals surface area contributed by atoms with Gasteiger partial charge in [0.05, 0.1) is 23.7 Å². The highest BCUT2D eigenvalue weighted by Crippen LogP contribution is 2.34. The second-order valence-electron chi connectivity index (χ2n) is 8.29. The summed E-state index contributed by atoms with van der Waals surface area (Å²) in [5.74, 6) is 1.60. The molecule has 1 N–H and O–H groups in total. The van der Waals surface area contributed by atoms with Crippen LogP contribution in [0.3, 0.4) is 0 Å². The molecule has 1 heterocycles. The molecule has 29 heavy (non-hydrogen) atoms. The number of carbonyl (C=O) groups is 1. The molecule has 1 unspecified atom stereocenters. The lowest BCUT2D eigenvalue weighted by Crippen LogP contribution is -2.32. The zero-order chi connectivity index (χ0) is 21.0. The van der Waals surface area contributed by atoms with Crippen molar-refractivity contribution in [2.45, 2.75) is 51.5 Å². The summed E-state index contributed by atoms with van der Waals surface area (Å²) in [5, 5.41) is 3.74. The maximum atomic E-state index is 12.4. The lowest BCUT2D eigenvalue weighted by atomic mass is 9.87. The Morgan fingerprint density at radius 3 is 2.79 bits per heavy atom. The second-order valence-corrected chi connectivity index (χ2v) is 9.58. The fraction of sp³-hybridized carbons (Fsp3) is 0.435. The minimum Gasteiger partial charge on any atom is -0.493 e. The molecule has 0 aliphatic carbocycles. The minimum absolute atomic E-state index is 0.00794. The Morgan fingerprint density at radius 1 is 1.28 bits per heavy atom. The molecule has 3 rings (SSSR count). The van der Waals surface area contributed by atoms with Crippen LogP contribution in [0.15, 0.2) is 40.9 Å². The number of hydrogen-bond donors (Lipinski definition) is 1. The number of rotatable bonds is 6. The average Bonchev–Trinajstić information content (AvgIpc) is 2.66. The highest BCUT2D eigenvalue weighted by atomic mass is 79.9. The first kappa shape index (κ1) is 22.0. The second kappa shape index (κ2) is 9.40. The molecule has 2 aromatic carbocycles. The number of hydrogen-bond acceptors (Lipinski definition) is 3. The summed E-state index contributed by atoms with van der Waals surface area (Å²) < 4.78 is 12.4. The Morgan fingerprint density at radius 2 is 2.07 bits per heavy atom. The van der Waals surface area contributed by atoms with Crippen molar-refractivity contribution in [2.24, 2.45) is 0 Å². The van der Waals surface area contributed by atoms with Crippen LogP contribution in [0.1, 0.15) is 57.2 Å². The highest BCUT2D eigenvalue weighted by Gasteiger charge is 2.23. The number of amides is 1. The first-order valence-electron chi connectivity index (χ1n) is 9.88. The van der Waals surface area contributed by atoms with Gasteiger partial charge in [-0.1, -0.05) is 38.4 Å². The first-order chi connectivity index (χ1) is 13.7. The molecule has 1 aliphatic rings. The average molecular weight is 481 g/mol. The summed E-state index contributed by atoms with van der Waals surface area (Å²) in [7, 11) is 0. The normalized spacial score (nSPS) is 16.0. The van der Waals surface area contributed by atoms with E-state index in [1.807, 2.05) is 18.2 Å². The van der Waals surface area contributed by atoms with Crippen LogP contribution in [0.5, 0.6) is 11.5 Å². The van der Waals surface area contributed by atoms with E-state index in [1.165, 1.54) is 5.56 Å². The Hall–Kier alpha value is -1.72. The van der Waals surface area contributed by atoms with Gasteiger partial charge in [0, 0.05) is 23.4 Å². The fourth-order valence-electron chi connectivity index (χ4n) is 3.28. The predicted octanol–water partition coefficient (Wildman–Crippen LogP) is 6.20. The van der Waals surface area contributed by atoms with Crippen molar-refractivity contribution in [1.82, 2.24) is 5.32 Å². The predicted molar refractivity (Wildman–Crippen MR) is 120 cm³/mol. The number of ether oxygens (including phenoxy) is 2. The van der Waals surface area contributed by atoms with Gasteiger partial charge < -0.3 is 14.8 Å². The molecule has 0 fully saturated rings. The SMILES string of the molecule is CC(C)(C)c1ccc(OCCCC(=O)NC2CCOc3ccc(Cl)cc32)c(Br)c1. The summed E-state index contributed by atoms with van der Waals surface area (Å²) in [6, 6.07) is 11.6. The summed E-state index contributed by atoms with van der Waals surface area (Å²) in [4.78, 5) is 12.4. The van der Waals surface area contributed by atoms with Gasteiger partial charge in [0.15, 0.2) is 0 Å². The van der Waals surface area contributed by atoms with Crippen LogP contribution in [0.4, 0.5) is 0 Å². The minimum atomic E-state index is -0.0649. The zero-order valence-electron chi connectivity index (χ0n) is 17.1. The van der Waals surface area contributed by atoms with E-state index >= 15 is 0 Å². The maximum Gasteiger partial charge on any atom is 0.220 e. The summed E-state index contributed by atoms with van der Waals surface area (Å²) in [6.45, 7) is 7.61. The van der Waals surface area contributed by atoms with E-state index in [0.717, 1.165) is 28.0 Å². The third kappa shape index (κ3) is 5.89. The molecule has 0 spiro atoms. The molecular weight excluding hydrogens is 454 g/mol. The number of halogens is 2. The molecule has 0 radical (unpaired) electrons. The van der Waals surface area contributed by atoms with E-state index in [9.17, 15) is 4.79 Å². The van der Waals surface area contributed by atoms with Crippen LogP contribution in [0, 0.1) is 0 Å². The van der Waals surface area contributed by atoms with Crippen LogP contribution in [0.2, 0.25) is 5.02 Å². The van der Waals surface area contributed by atoms with E-state index in [0.29, 0.717) is 31.1 Å². The van der Waals surface area contributed by atoms with Crippen LogP contribution >= 0.6 is 27.5 Å². The number of nitrogens with one attached hydrogen (secondary N) is 1. The Bertz CT molecular complexity index is 879. The summed E-state index contributed by atoms with van der Waals surface area (Å²) in [6.07, 6.45) is 1.79. The molecule has 1 atom stereocenters. The lowest BCUT2D eigenvalue weighted by molar-refractivity contribution is -0.122. The molecule has 156 valence electrons. The van der Waals surface area contributed by atoms with Gasteiger partial charge >= 0.3 is 0 Å². The van der Waals surface area contributed by atoms with E-state index in [4.69, 9.17) is 21.1 Å². The highest BCUT2D eigenvalue weighted by molar-refractivity contribution is 9.10. The quantitative estimate of drug-likeness (QED) is 0.501. The van der Waals surface area contributed by atoms with Gasteiger partial charge in [-0.25, -0.2) is 0 Å². The van der Waals surface area contributed by atoms with Crippen molar-refractivity contribution in [2.75, 3.05) is 13.2 Å². The van der Waals surface area contributed by atoms with Crippen LogP contribution in [0.25, 0.3) is 0 Å². The molecule has 0 aromatic heterocycles. The Labute approximate surface area is 186 Å². The van der Waals surface area contributed by atoms with Gasteiger partial charge in [0.2, 0.25) is 5.91 Å². The van der Waals surface area contributed by atoms with Gasteiger partial charge in [-0.15, -0.1) is 0 Å². The topological polar surface area (TPSA) is 47.6 Å². The van der Waals surface area contributed by atoms with E-state index in [-0.39, 0.29) is 17.4 Å². The van der Waals surface area contributed by atoms with Gasteiger partial charge in [0.25, 0.3) is 0 Å². The van der Waals surface area contributed by atoms with Crippen LogP contribution in [-0.4, -0.2) is 19.1 Å². The van der Waals surface area contributed by atoms with Crippen molar-refractivity contribution >= 4 is 33.4 Å². The lowest BCUT2D eigenvalue weighted by Gasteiger charge is -2.27. The summed E-state index contributed by atoms with van der Waals surface area (Å²) >= 11 is 9.68. The maximum absolute atomic E-state index is 12.4. The van der Waals surface area contributed by atoms with Gasteiger partial charge in [-0.05, 0) is 63.7 Å². The third-order valence-electron chi connectivity index (χ3n) is 4.95. The van der Waals surface area contributed by atoms with Crippen LogP contribution in [-0.2, 0) is 10.2 Å².